The summed E-state index contributed by atoms with van der Waals surface area (Å²) in [5.41, 5.74) is 0.776. The number of nitrogens with zero attached hydrogens (tertiary/aromatic N) is 1. The summed E-state index contributed by atoms with van der Waals surface area (Å²) in [5, 5.41) is 5.16. The van der Waals surface area contributed by atoms with E-state index in [9.17, 15) is 22.8 Å². The molecule has 1 fully saturated rings. The van der Waals surface area contributed by atoms with Crippen LogP contribution in [0.4, 0.5) is 11.4 Å². The summed E-state index contributed by atoms with van der Waals surface area (Å²) in [6.45, 7) is 1.82. The minimum atomic E-state index is -3.78. The molecule has 1 aliphatic rings. The lowest BCUT2D eigenvalue weighted by atomic mass is 10.2. The Morgan fingerprint density at radius 1 is 1.06 bits per heavy atom. The number of benzene rings is 2. The average molecular weight is 496 g/mol. The van der Waals surface area contributed by atoms with Crippen molar-refractivity contribution in [2.24, 2.45) is 0 Å². The van der Waals surface area contributed by atoms with Gasteiger partial charge in [-0.05, 0) is 42.5 Å². The van der Waals surface area contributed by atoms with E-state index in [0.717, 1.165) is 0 Å². The van der Waals surface area contributed by atoms with Gasteiger partial charge in [0.1, 0.15) is 0 Å². The first-order valence-electron chi connectivity index (χ1n) is 9.89. The van der Waals surface area contributed by atoms with Crippen LogP contribution in [-0.2, 0) is 29.1 Å². The van der Waals surface area contributed by atoms with Crippen LogP contribution in [0.3, 0.4) is 0 Å². The van der Waals surface area contributed by atoms with Crippen LogP contribution in [0.2, 0.25) is 5.02 Å². The average Bonchev–Trinajstić information content (AvgIpc) is 2.79. The van der Waals surface area contributed by atoms with Gasteiger partial charge in [-0.15, -0.1) is 0 Å². The molecule has 10 nitrogen and oxygen atoms in total. The van der Waals surface area contributed by atoms with Gasteiger partial charge in [0.15, 0.2) is 6.61 Å². The molecule has 0 bridgehead atoms. The third-order valence-electron chi connectivity index (χ3n) is 4.60. The van der Waals surface area contributed by atoms with Crippen LogP contribution in [0.5, 0.6) is 0 Å². The maximum Gasteiger partial charge on any atom is 0.338 e. The van der Waals surface area contributed by atoms with Gasteiger partial charge in [0.05, 0.1) is 34.4 Å². The second-order valence-corrected chi connectivity index (χ2v) is 9.39. The lowest BCUT2D eigenvalue weighted by molar-refractivity contribution is -0.119. The quantitative estimate of drug-likeness (QED) is 0.562. The summed E-state index contributed by atoms with van der Waals surface area (Å²) in [7, 11) is -3.78. The van der Waals surface area contributed by atoms with Crippen LogP contribution < -0.4 is 10.6 Å². The number of carbonyl (C=O) groups is 3. The Kier molecular flexibility index (Phi) is 8.03. The third-order valence-corrected chi connectivity index (χ3v) is 6.82. The number of halogens is 1. The highest BCUT2D eigenvalue weighted by Gasteiger charge is 2.27. The standard InChI is InChI=1S/C21H22ClN3O7S/c1-14(26)23-16-4-2-15(3-5-16)21(28)32-13-20(27)24-19-12-17(6-7-18(19)22)33(29,30)25-8-10-31-11-9-25/h2-7,12H,8-11,13H2,1H3,(H,23,26)(H,24,27). The van der Waals surface area contributed by atoms with Crippen molar-refractivity contribution in [1.29, 1.82) is 0 Å². The van der Waals surface area contributed by atoms with E-state index in [1.807, 2.05) is 0 Å². The molecule has 0 atom stereocenters. The minimum Gasteiger partial charge on any atom is -0.452 e. The molecule has 3 rings (SSSR count). The maximum absolute atomic E-state index is 12.8. The highest BCUT2D eigenvalue weighted by Crippen LogP contribution is 2.27. The van der Waals surface area contributed by atoms with Crippen LogP contribution in [0.15, 0.2) is 47.4 Å². The molecular formula is C21H22ClN3O7S. The molecule has 1 heterocycles. The van der Waals surface area contributed by atoms with Crippen LogP contribution in [0.25, 0.3) is 0 Å². The van der Waals surface area contributed by atoms with E-state index < -0.39 is 28.5 Å². The van der Waals surface area contributed by atoms with Gasteiger partial charge in [-0.2, -0.15) is 4.31 Å². The SMILES string of the molecule is CC(=O)Nc1ccc(C(=O)OCC(=O)Nc2cc(S(=O)(=O)N3CCOCC3)ccc2Cl)cc1. The monoisotopic (exact) mass is 495 g/mol. The van der Waals surface area contributed by atoms with Gasteiger partial charge in [0.25, 0.3) is 5.91 Å². The van der Waals surface area contributed by atoms with Crippen molar-refractivity contribution in [3.63, 3.8) is 0 Å². The van der Waals surface area contributed by atoms with E-state index in [4.69, 9.17) is 21.1 Å². The number of amides is 2. The normalized spacial score (nSPS) is 14.4. The zero-order chi connectivity index (χ0) is 24.0. The van der Waals surface area contributed by atoms with Crippen molar-refractivity contribution in [2.45, 2.75) is 11.8 Å². The Morgan fingerprint density at radius 3 is 2.36 bits per heavy atom. The number of rotatable bonds is 7. The predicted molar refractivity (Wildman–Crippen MR) is 121 cm³/mol. The fourth-order valence-corrected chi connectivity index (χ4v) is 4.59. The van der Waals surface area contributed by atoms with Gasteiger partial charge in [-0.3, -0.25) is 9.59 Å². The number of anilines is 2. The molecule has 12 heteroatoms. The van der Waals surface area contributed by atoms with E-state index >= 15 is 0 Å². The van der Waals surface area contributed by atoms with Crippen molar-refractivity contribution in [1.82, 2.24) is 4.31 Å². The van der Waals surface area contributed by atoms with Crippen molar-refractivity contribution >= 4 is 50.8 Å². The lowest BCUT2D eigenvalue weighted by Crippen LogP contribution is -2.40. The number of hydrogen-bond acceptors (Lipinski definition) is 7. The molecule has 0 unspecified atom stereocenters. The van der Waals surface area contributed by atoms with Crippen LogP contribution in [0.1, 0.15) is 17.3 Å². The number of morpholine rings is 1. The summed E-state index contributed by atoms with van der Waals surface area (Å²) in [5.74, 6) is -1.68. The fourth-order valence-electron chi connectivity index (χ4n) is 2.99. The molecular weight excluding hydrogens is 474 g/mol. The van der Waals surface area contributed by atoms with E-state index in [1.165, 1.54) is 53.7 Å². The van der Waals surface area contributed by atoms with Crippen molar-refractivity contribution in [3.8, 4) is 0 Å². The number of sulfonamides is 1. The van der Waals surface area contributed by atoms with Gasteiger partial charge in [-0.1, -0.05) is 11.6 Å². The van der Waals surface area contributed by atoms with Crippen molar-refractivity contribution < 1.29 is 32.3 Å². The van der Waals surface area contributed by atoms with Crippen molar-refractivity contribution in [3.05, 3.63) is 53.1 Å². The fraction of sp³-hybridized carbons (Fsp3) is 0.286. The maximum atomic E-state index is 12.8. The Morgan fingerprint density at radius 2 is 1.73 bits per heavy atom. The van der Waals surface area contributed by atoms with E-state index in [1.54, 1.807) is 0 Å². The Hall–Kier alpha value is -2.99. The molecule has 1 saturated heterocycles. The molecule has 0 saturated carbocycles. The first-order valence-corrected chi connectivity index (χ1v) is 11.7. The van der Waals surface area contributed by atoms with Gasteiger partial charge in [0.2, 0.25) is 15.9 Å². The summed E-state index contributed by atoms with van der Waals surface area (Å²) < 4.78 is 37.1. The molecule has 2 aromatic rings. The van der Waals surface area contributed by atoms with Crippen LogP contribution in [0, 0.1) is 0 Å². The van der Waals surface area contributed by atoms with E-state index in [-0.39, 0.29) is 40.2 Å². The van der Waals surface area contributed by atoms with Gasteiger partial charge in [0, 0.05) is 25.7 Å². The lowest BCUT2D eigenvalue weighted by Gasteiger charge is -2.26. The van der Waals surface area contributed by atoms with Crippen molar-refractivity contribution in [2.75, 3.05) is 43.5 Å². The molecule has 2 aromatic carbocycles. The molecule has 2 N–H and O–H groups in total. The number of nitrogens with one attached hydrogen (secondary N) is 2. The molecule has 0 radical (unpaired) electrons. The van der Waals surface area contributed by atoms with E-state index in [2.05, 4.69) is 10.6 Å². The number of hydrogen-bond donors (Lipinski definition) is 2. The Bertz CT molecular complexity index is 1150. The largest absolute Gasteiger partial charge is 0.452 e. The Labute approximate surface area is 195 Å². The number of esters is 1. The molecule has 2 amide bonds. The minimum absolute atomic E-state index is 0.0274. The summed E-state index contributed by atoms with van der Waals surface area (Å²) in [6.07, 6.45) is 0. The second-order valence-electron chi connectivity index (χ2n) is 7.04. The molecule has 1 aliphatic heterocycles. The highest BCUT2D eigenvalue weighted by molar-refractivity contribution is 7.89. The molecule has 33 heavy (non-hydrogen) atoms. The number of ether oxygens (including phenoxy) is 2. The van der Waals surface area contributed by atoms with Gasteiger partial charge >= 0.3 is 5.97 Å². The molecule has 0 aromatic heterocycles. The summed E-state index contributed by atoms with van der Waals surface area (Å²) in [6, 6.07) is 9.93. The molecule has 176 valence electrons. The summed E-state index contributed by atoms with van der Waals surface area (Å²) in [4.78, 5) is 35.4. The van der Waals surface area contributed by atoms with Gasteiger partial charge in [-0.25, -0.2) is 13.2 Å². The first-order chi connectivity index (χ1) is 15.7. The molecule has 0 spiro atoms. The zero-order valence-electron chi connectivity index (χ0n) is 17.7. The third kappa shape index (κ3) is 6.51. The van der Waals surface area contributed by atoms with Gasteiger partial charge < -0.3 is 20.1 Å². The predicted octanol–water partition coefficient (Wildman–Crippen LogP) is 2.11. The number of carbonyl (C=O) groups excluding carboxylic acids is 3. The topological polar surface area (TPSA) is 131 Å². The second kappa shape index (κ2) is 10.8. The highest BCUT2D eigenvalue weighted by atomic mass is 35.5. The first kappa shape index (κ1) is 24.6. The van der Waals surface area contributed by atoms with Crippen LogP contribution >= 0.6 is 11.6 Å². The van der Waals surface area contributed by atoms with E-state index in [0.29, 0.717) is 18.9 Å². The summed E-state index contributed by atoms with van der Waals surface area (Å²) >= 11 is 6.10. The zero-order valence-corrected chi connectivity index (χ0v) is 19.2. The smallest absolute Gasteiger partial charge is 0.338 e. The molecule has 0 aliphatic carbocycles. The Balaban J connectivity index is 1.61. The van der Waals surface area contributed by atoms with Crippen LogP contribution in [-0.4, -0.2) is 63.4 Å².